The van der Waals surface area contributed by atoms with Crippen LogP contribution in [0.2, 0.25) is 0 Å². The van der Waals surface area contributed by atoms with Crippen LogP contribution in [0.3, 0.4) is 0 Å². The lowest BCUT2D eigenvalue weighted by atomic mass is 10.2. The van der Waals surface area contributed by atoms with Crippen LogP contribution < -0.4 is 15.4 Å². The zero-order chi connectivity index (χ0) is 18.9. The Kier molecular flexibility index (Phi) is 6.47. The van der Waals surface area contributed by atoms with Crippen LogP contribution >= 0.6 is 0 Å². The number of amides is 1. The van der Waals surface area contributed by atoms with Gasteiger partial charge in [0, 0.05) is 23.9 Å². The van der Waals surface area contributed by atoms with E-state index in [9.17, 15) is 4.79 Å². The van der Waals surface area contributed by atoms with Crippen LogP contribution in [0.1, 0.15) is 11.1 Å². The minimum absolute atomic E-state index is 0.0870. The molecule has 4 nitrogen and oxygen atoms in total. The van der Waals surface area contributed by atoms with Gasteiger partial charge in [-0.1, -0.05) is 48.5 Å². The van der Waals surface area contributed by atoms with E-state index in [2.05, 4.69) is 22.8 Å². The number of hydrogen-bond donors (Lipinski definition) is 2. The van der Waals surface area contributed by atoms with E-state index < -0.39 is 0 Å². The molecule has 0 aliphatic heterocycles. The second-order valence-electron chi connectivity index (χ2n) is 6.38. The van der Waals surface area contributed by atoms with Crippen LogP contribution in [0.5, 0.6) is 5.75 Å². The lowest BCUT2D eigenvalue weighted by molar-refractivity contribution is -0.114. The number of hydrogen-bond acceptors (Lipinski definition) is 3. The van der Waals surface area contributed by atoms with Gasteiger partial charge >= 0.3 is 0 Å². The predicted molar refractivity (Wildman–Crippen MR) is 110 cm³/mol. The molecule has 0 spiro atoms. The Hall–Kier alpha value is -3.27. The number of benzene rings is 3. The van der Waals surface area contributed by atoms with Crippen LogP contribution in [0.15, 0.2) is 78.9 Å². The first kappa shape index (κ1) is 18.5. The van der Waals surface area contributed by atoms with Crippen molar-refractivity contribution < 1.29 is 9.53 Å². The number of nitrogens with one attached hydrogen (secondary N) is 2. The summed E-state index contributed by atoms with van der Waals surface area (Å²) < 4.78 is 5.83. The normalized spacial score (nSPS) is 10.3. The summed E-state index contributed by atoms with van der Waals surface area (Å²) in [4.78, 5) is 12.1. The second kappa shape index (κ2) is 9.43. The van der Waals surface area contributed by atoms with Crippen LogP contribution in [-0.2, 0) is 11.2 Å². The van der Waals surface area contributed by atoms with Crippen molar-refractivity contribution in [1.29, 1.82) is 0 Å². The first-order valence-electron chi connectivity index (χ1n) is 9.06. The lowest BCUT2D eigenvalue weighted by Gasteiger charge is -2.11. The zero-order valence-electron chi connectivity index (χ0n) is 15.4. The van der Waals surface area contributed by atoms with Gasteiger partial charge in [0.05, 0.1) is 13.2 Å². The Labute approximate surface area is 160 Å². The van der Waals surface area contributed by atoms with E-state index in [-0.39, 0.29) is 12.5 Å². The molecule has 0 unspecified atom stereocenters. The minimum Gasteiger partial charge on any atom is -0.493 e. The number of anilines is 2. The molecule has 3 aromatic rings. The molecular formula is C23H24N2O2. The maximum atomic E-state index is 12.1. The summed E-state index contributed by atoms with van der Waals surface area (Å²) in [5, 5.41) is 6.02. The fraction of sp³-hybridized carbons (Fsp3) is 0.174. The molecular weight excluding hydrogens is 336 g/mol. The molecule has 2 N–H and O–H groups in total. The number of rotatable bonds is 8. The number of carbonyl (C=O) groups is 1. The highest BCUT2D eigenvalue weighted by atomic mass is 16.5. The highest BCUT2D eigenvalue weighted by Crippen LogP contribution is 2.17. The largest absolute Gasteiger partial charge is 0.493 e. The third-order valence-electron chi connectivity index (χ3n) is 4.09. The number of carbonyl (C=O) groups excluding carboxylic acids is 1. The summed E-state index contributed by atoms with van der Waals surface area (Å²) in [5.41, 5.74) is 4.02. The van der Waals surface area contributed by atoms with Gasteiger partial charge in [-0.15, -0.1) is 0 Å². The van der Waals surface area contributed by atoms with Gasteiger partial charge in [-0.2, -0.15) is 0 Å². The average Bonchev–Trinajstić information content (AvgIpc) is 2.68. The lowest BCUT2D eigenvalue weighted by Crippen LogP contribution is -2.21. The Morgan fingerprint density at radius 2 is 1.67 bits per heavy atom. The molecule has 0 aromatic heterocycles. The maximum absolute atomic E-state index is 12.1. The zero-order valence-corrected chi connectivity index (χ0v) is 15.4. The molecule has 0 saturated heterocycles. The van der Waals surface area contributed by atoms with Crippen molar-refractivity contribution in [2.45, 2.75) is 13.3 Å². The molecule has 3 aromatic carbocycles. The van der Waals surface area contributed by atoms with E-state index in [4.69, 9.17) is 4.74 Å². The van der Waals surface area contributed by atoms with E-state index in [1.807, 2.05) is 73.7 Å². The van der Waals surface area contributed by atoms with E-state index in [0.717, 1.165) is 29.1 Å². The minimum atomic E-state index is -0.0870. The monoisotopic (exact) mass is 360 g/mol. The highest BCUT2D eigenvalue weighted by molar-refractivity contribution is 5.93. The van der Waals surface area contributed by atoms with Gasteiger partial charge in [0.2, 0.25) is 5.91 Å². The molecule has 3 rings (SSSR count). The van der Waals surface area contributed by atoms with Gasteiger partial charge in [-0.3, -0.25) is 4.79 Å². The van der Waals surface area contributed by atoms with Gasteiger partial charge in [0.15, 0.2) is 0 Å². The van der Waals surface area contributed by atoms with Gasteiger partial charge in [-0.05, 0) is 42.3 Å². The standard InChI is InChI=1S/C23H24N2O2/c1-18-7-5-11-21(15-18)25-23(26)17-24-20-10-6-12-22(16-20)27-14-13-19-8-3-2-4-9-19/h2-12,15-16,24H,13-14,17H2,1H3,(H,25,26). The number of ether oxygens (including phenoxy) is 1. The van der Waals surface area contributed by atoms with E-state index >= 15 is 0 Å². The molecule has 0 atom stereocenters. The predicted octanol–water partition coefficient (Wildman–Crippen LogP) is 4.67. The van der Waals surface area contributed by atoms with Crippen molar-refractivity contribution in [2.75, 3.05) is 23.8 Å². The molecule has 0 aliphatic carbocycles. The molecule has 0 fully saturated rings. The van der Waals surface area contributed by atoms with Crippen LogP contribution in [-0.4, -0.2) is 19.1 Å². The third kappa shape index (κ3) is 6.19. The molecule has 0 heterocycles. The van der Waals surface area contributed by atoms with Gasteiger partial charge in [0.1, 0.15) is 5.75 Å². The topological polar surface area (TPSA) is 50.4 Å². The summed E-state index contributed by atoms with van der Waals surface area (Å²) in [6, 6.07) is 25.7. The van der Waals surface area contributed by atoms with Gasteiger partial charge in [0.25, 0.3) is 0 Å². The van der Waals surface area contributed by atoms with Crippen molar-refractivity contribution >= 4 is 17.3 Å². The second-order valence-corrected chi connectivity index (χ2v) is 6.38. The Morgan fingerprint density at radius 3 is 2.48 bits per heavy atom. The molecule has 27 heavy (non-hydrogen) atoms. The molecule has 0 aliphatic rings. The fourth-order valence-electron chi connectivity index (χ4n) is 2.74. The van der Waals surface area contributed by atoms with E-state index in [0.29, 0.717) is 6.61 Å². The quantitative estimate of drug-likeness (QED) is 0.614. The molecule has 4 heteroatoms. The summed E-state index contributed by atoms with van der Waals surface area (Å²) in [6.07, 6.45) is 0.859. The van der Waals surface area contributed by atoms with Crippen LogP contribution in [0.25, 0.3) is 0 Å². The maximum Gasteiger partial charge on any atom is 0.243 e. The van der Waals surface area contributed by atoms with Crippen LogP contribution in [0.4, 0.5) is 11.4 Å². The average molecular weight is 360 g/mol. The third-order valence-corrected chi connectivity index (χ3v) is 4.09. The van der Waals surface area contributed by atoms with Crippen molar-refractivity contribution in [1.82, 2.24) is 0 Å². The Bertz CT molecular complexity index is 878. The summed E-state index contributed by atoms with van der Waals surface area (Å²) in [6.45, 7) is 2.81. The smallest absolute Gasteiger partial charge is 0.243 e. The van der Waals surface area contributed by atoms with Crippen LogP contribution in [0, 0.1) is 6.92 Å². The van der Waals surface area contributed by atoms with Crippen molar-refractivity contribution in [3.8, 4) is 5.75 Å². The van der Waals surface area contributed by atoms with Gasteiger partial charge < -0.3 is 15.4 Å². The molecule has 0 saturated carbocycles. The van der Waals surface area contributed by atoms with Crippen molar-refractivity contribution in [3.63, 3.8) is 0 Å². The van der Waals surface area contributed by atoms with Crippen molar-refractivity contribution in [3.05, 3.63) is 90.0 Å². The summed E-state index contributed by atoms with van der Waals surface area (Å²) in [5.74, 6) is 0.700. The number of aryl methyl sites for hydroxylation is 1. The van der Waals surface area contributed by atoms with E-state index in [1.165, 1.54) is 5.56 Å². The fourth-order valence-corrected chi connectivity index (χ4v) is 2.74. The SMILES string of the molecule is Cc1cccc(NC(=O)CNc2cccc(OCCc3ccccc3)c2)c1. The van der Waals surface area contributed by atoms with Crippen molar-refractivity contribution in [2.24, 2.45) is 0 Å². The molecule has 138 valence electrons. The first-order valence-corrected chi connectivity index (χ1v) is 9.06. The Balaban J connectivity index is 1.46. The van der Waals surface area contributed by atoms with Gasteiger partial charge in [-0.25, -0.2) is 0 Å². The highest BCUT2D eigenvalue weighted by Gasteiger charge is 2.03. The van der Waals surface area contributed by atoms with E-state index in [1.54, 1.807) is 0 Å². The Morgan fingerprint density at radius 1 is 0.889 bits per heavy atom. The molecule has 0 radical (unpaired) electrons. The summed E-state index contributed by atoms with van der Waals surface area (Å²) in [7, 11) is 0. The molecule has 1 amide bonds. The summed E-state index contributed by atoms with van der Waals surface area (Å²) >= 11 is 0. The molecule has 0 bridgehead atoms. The first-order chi connectivity index (χ1) is 13.2.